The standard InChI is InChI=1S/C23H23Cl2N3O/c1-14-12-23(2,3)28(4)21-8-5-15(10-18(14)21)9-16(13-26)22(29)27-20-7-6-17(24)11-19(20)25/h5-11,14H,12H2,1-4H3,(H,27,29)/b16-9-/t14-/m1/s1. The highest BCUT2D eigenvalue weighted by Gasteiger charge is 2.33. The second kappa shape index (κ2) is 8.10. The van der Waals surface area contributed by atoms with Gasteiger partial charge >= 0.3 is 0 Å². The smallest absolute Gasteiger partial charge is 0.266 e. The van der Waals surface area contributed by atoms with Crippen LogP contribution < -0.4 is 10.2 Å². The summed E-state index contributed by atoms with van der Waals surface area (Å²) in [5.74, 6) is -0.127. The summed E-state index contributed by atoms with van der Waals surface area (Å²) in [5, 5.41) is 13.0. The van der Waals surface area contributed by atoms with Crippen LogP contribution in [0.2, 0.25) is 10.0 Å². The number of nitrogens with zero attached hydrogens (tertiary/aromatic N) is 2. The minimum atomic E-state index is -0.513. The first-order valence-corrected chi connectivity index (χ1v) is 10.1. The van der Waals surface area contributed by atoms with Crippen LogP contribution >= 0.6 is 23.2 Å². The largest absolute Gasteiger partial charge is 0.369 e. The van der Waals surface area contributed by atoms with Crippen molar-refractivity contribution in [3.05, 3.63) is 63.1 Å². The zero-order valence-electron chi connectivity index (χ0n) is 16.9. The van der Waals surface area contributed by atoms with Crippen molar-refractivity contribution in [2.24, 2.45) is 0 Å². The third-order valence-electron chi connectivity index (χ3n) is 5.51. The Hall–Kier alpha value is -2.48. The molecule has 29 heavy (non-hydrogen) atoms. The highest BCUT2D eigenvalue weighted by molar-refractivity contribution is 6.36. The van der Waals surface area contributed by atoms with Gasteiger partial charge in [0.25, 0.3) is 5.91 Å². The lowest BCUT2D eigenvalue weighted by Crippen LogP contribution is -2.45. The molecule has 0 bridgehead atoms. The SMILES string of the molecule is C[C@@H]1CC(C)(C)N(C)c2ccc(/C=C(/C#N)C(=O)Nc3ccc(Cl)cc3Cl)cc21. The molecule has 0 fully saturated rings. The first-order valence-electron chi connectivity index (χ1n) is 9.38. The van der Waals surface area contributed by atoms with E-state index in [9.17, 15) is 10.1 Å². The number of hydrogen-bond donors (Lipinski definition) is 1. The van der Waals surface area contributed by atoms with Crippen LogP contribution in [0.1, 0.15) is 44.2 Å². The lowest BCUT2D eigenvalue weighted by molar-refractivity contribution is -0.112. The third-order valence-corrected chi connectivity index (χ3v) is 6.06. The second-order valence-corrected chi connectivity index (χ2v) is 8.89. The molecule has 1 amide bonds. The highest BCUT2D eigenvalue weighted by Crippen LogP contribution is 2.42. The molecule has 0 saturated carbocycles. The van der Waals surface area contributed by atoms with E-state index in [1.807, 2.05) is 12.1 Å². The Balaban J connectivity index is 1.89. The predicted molar refractivity (Wildman–Crippen MR) is 121 cm³/mol. The number of hydrogen-bond acceptors (Lipinski definition) is 3. The summed E-state index contributed by atoms with van der Waals surface area (Å²) >= 11 is 12.0. The summed E-state index contributed by atoms with van der Waals surface area (Å²) in [4.78, 5) is 14.9. The van der Waals surface area contributed by atoms with Gasteiger partial charge in [-0.3, -0.25) is 4.79 Å². The third kappa shape index (κ3) is 4.42. The van der Waals surface area contributed by atoms with Gasteiger partial charge in [0.15, 0.2) is 0 Å². The fraction of sp³-hybridized carbons (Fsp3) is 0.304. The Bertz CT molecular complexity index is 1040. The number of carbonyl (C=O) groups is 1. The zero-order chi connectivity index (χ0) is 21.3. The Kier molecular flexibility index (Phi) is 5.93. The number of anilines is 2. The van der Waals surface area contributed by atoms with E-state index in [0.29, 0.717) is 21.7 Å². The Morgan fingerprint density at radius 2 is 2.00 bits per heavy atom. The molecule has 150 valence electrons. The van der Waals surface area contributed by atoms with Gasteiger partial charge in [-0.15, -0.1) is 0 Å². The van der Waals surface area contributed by atoms with E-state index in [1.165, 1.54) is 17.3 Å². The van der Waals surface area contributed by atoms with E-state index in [0.717, 1.165) is 12.0 Å². The number of carbonyl (C=O) groups excluding carboxylic acids is 1. The molecule has 0 aliphatic carbocycles. The van der Waals surface area contributed by atoms with Crippen molar-refractivity contribution in [1.29, 1.82) is 5.26 Å². The number of benzene rings is 2. The molecule has 1 aliphatic heterocycles. The van der Waals surface area contributed by atoms with Crippen LogP contribution in [0.25, 0.3) is 6.08 Å². The first-order chi connectivity index (χ1) is 13.6. The summed E-state index contributed by atoms with van der Waals surface area (Å²) in [6.45, 7) is 6.68. The quantitative estimate of drug-likeness (QED) is 0.464. The van der Waals surface area contributed by atoms with Crippen LogP contribution in [0.15, 0.2) is 42.0 Å². The average molecular weight is 428 g/mol. The van der Waals surface area contributed by atoms with Gasteiger partial charge in [-0.2, -0.15) is 5.26 Å². The topological polar surface area (TPSA) is 56.1 Å². The van der Waals surface area contributed by atoms with Gasteiger partial charge in [-0.1, -0.05) is 36.2 Å². The molecule has 3 rings (SSSR count). The molecule has 6 heteroatoms. The molecule has 1 aliphatic rings. The molecule has 1 N–H and O–H groups in total. The van der Waals surface area contributed by atoms with Crippen LogP contribution in [0.4, 0.5) is 11.4 Å². The molecule has 2 aromatic rings. The molecular formula is C23H23Cl2N3O. The van der Waals surface area contributed by atoms with Gasteiger partial charge in [0.05, 0.1) is 10.7 Å². The van der Waals surface area contributed by atoms with E-state index in [4.69, 9.17) is 23.2 Å². The van der Waals surface area contributed by atoms with Crippen molar-refractivity contribution in [3.8, 4) is 6.07 Å². The first kappa shape index (κ1) is 21.2. The summed E-state index contributed by atoms with van der Waals surface area (Å²) in [7, 11) is 2.10. The van der Waals surface area contributed by atoms with Crippen molar-refractivity contribution in [2.75, 3.05) is 17.3 Å². The van der Waals surface area contributed by atoms with E-state index >= 15 is 0 Å². The lowest BCUT2D eigenvalue weighted by atomic mass is 9.80. The van der Waals surface area contributed by atoms with Crippen molar-refractivity contribution >= 4 is 46.6 Å². The number of amides is 1. The lowest BCUT2D eigenvalue weighted by Gasteiger charge is -2.45. The summed E-state index contributed by atoms with van der Waals surface area (Å²) < 4.78 is 0. The van der Waals surface area contributed by atoms with Crippen molar-refractivity contribution in [2.45, 2.75) is 38.6 Å². The zero-order valence-corrected chi connectivity index (χ0v) is 18.4. The van der Waals surface area contributed by atoms with Gasteiger partial charge in [0.2, 0.25) is 0 Å². The number of nitriles is 1. The van der Waals surface area contributed by atoms with Gasteiger partial charge in [-0.05, 0) is 73.7 Å². The molecule has 1 heterocycles. The van der Waals surface area contributed by atoms with Gasteiger partial charge in [0, 0.05) is 23.3 Å². The molecular weight excluding hydrogens is 405 g/mol. The highest BCUT2D eigenvalue weighted by atomic mass is 35.5. The molecule has 1 atom stereocenters. The van der Waals surface area contributed by atoms with Crippen molar-refractivity contribution < 1.29 is 4.79 Å². The van der Waals surface area contributed by atoms with E-state index in [2.05, 4.69) is 50.2 Å². The molecule has 0 aromatic heterocycles. The maximum absolute atomic E-state index is 12.6. The fourth-order valence-corrected chi connectivity index (χ4v) is 4.24. The van der Waals surface area contributed by atoms with E-state index in [-0.39, 0.29) is 11.1 Å². The van der Waals surface area contributed by atoms with Gasteiger partial charge in [-0.25, -0.2) is 0 Å². The monoisotopic (exact) mass is 427 g/mol. The normalized spacial score (nSPS) is 18.0. The average Bonchev–Trinajstić information content (AvgIpc) is 2.66. The van der Waals surface area contributed by atoms with Gasteiger partial charge < -0.3 is 10.2 Å². The van der Waals surface area contributed by atoms with E-state index in [1.54, 1.807) is 18.2 Å². The summed E-state index contributed by atoms with van der Waals surface area (Å²) in [6.07, 6.45) is 2.64. The molecule has 4 nitrogen and oxygen atoms in total. The minimum absolute atomic E-state index is 0.00751. The number of fused-ring (bicyclic) bond motifs is 1. The molecule has 0 radical (unpaired) electrons. The Morgan fingerprint density at radius 3 is 2.66 bits per heavy atom. The Morgan fingerprint density at radius 1 is 1.28 bits per heavy atom. The maximum atomic E-state index is 12.6. The Labute approximate surface area is 181 Å². The van der Waals surface area contributed by atoms with Crippen LogP contribution in [0.5, 0.6) is 0 Å². The molecule has 2 aromatic carbocycles. The molecule has 0 spiro atoms. The van der Waals surface area contributed by atoms with Crippen molar-refractivity contribution in [3.63, 3.8) is 0 Å². The number of halogens is 2. The fourth-order valence-electron chi connectivity index (χ4n) is 3.78. The van der Waals surface area contributed by atoms with Crippen LogP contribution in [0, 0.1) is 11.3 Å². The number of rotatable bonds is 3. The van der Waals surface area contributed by atoms with Crippen LogP contribution in [-0.4, -0.2) is 18.5 Å². The van der Waals surface area contributed by atoms with Crippen LogP contribution in [0.3, 0.4) is 0 Å². The summed E-state index contributed by atoms with van der Waals surface area (Å²) in [6, 6.07) is 12.8. The number of nitrogens with one attached hydrogen (secondary N) is 1. The van der Waals surface area contributed by atoms with E-state index < -0.39 is 5.91 Å². The van der Waals surface area contributed by atoms with Crippen LogP contribution in [-0.2, 0) is 4.79 Å². The molecule has 0 unspecified atom stereocenters. The van der Waals surface area contributed by atoms with Crippen molar-refractivity contribution in [1.82, 2.24) is 0 Å². The van der Waals surface area contributed by atoms with Gasteiger partial charge in [0.1, 0.15) is 11.6 Å². The second-order valence-electron chi connectivity index (χ2n) is 8.04. The minimum Gasteiger partial charge on any atom is -0.369 e. The summed E-state index contributed by atoms with van der Waals surface area (Å²) in [5.41, 5.74) is 3.72. The molecule has 0 saturated heterocycles. The predicted octanol–water partition coefficient (Wildman–Crippen LogP) is 6.26. The maximum Gasteiger partial charge on any atom is 0.266 e.